The number of rotatable bonds is 0. The maximum atomic E-state index is 4.99. The largest absolute Gasteiger partial charge is 0.381 e. The zero-order valence-electron chi connectivity index (χ0n) is 3.81. The number of hydrogen-bond acceptors (Lipinski definition) is 1. The van der Waals surface area contributed by atoms with Crippen LogP contribution in [0.1, 0.15) is 6.42 Å². The summed E-state index contributed by atoms with van der Waals surface area (Å²) in [6, 6.07) is 0. The van der Waals surface area contributed by atoms with E-state index in [2.05, 4.69) is 6.92 Å². The summed E-state index contributed by atoms with van der Waals surface area (Å²) in [7, 11) is 0. The molecule has 1 heterocycles. The second-order valence-corrected chi connectivity index (χ2v) is 1.73. The van der Waals surface area contributed by atoms with Gasteiger partial charge in [0, 0.05) is 13.2 Å². The lowest BCUT2D eigenvalue weighted by Gasteiger charge is -1.88. The van der Waals surface area contributed by atoms with Crippen LogP contribution in [0.15, 0.2) is 0 Å². The molecule has 0 aliphatic carbocycles. The highest BCUT2D eigenvalue weighted by molar-refractivity contribution is 4.64. The summed E-state index contributed by atoms with van der Waals surface area (Å²) in [6.07, 6.45) is 1.15. The summed E-state index contributed by atoms with van der Waals surface area (Å²) in [4.78, 5) is 0. The molecule has 1 heteroatoms. The zero-order chi connectivity index (χ0) is 4.41. The molecule has 0 spiro atoms. The van der Waals surface area contributed by atoms with Gasteiger partial charge in [0.1, 0.15) is 0 Å². The first-order valence-corrected chi connectivity index (χ1v) is 2.30. The average molecular weight is 85.1 g/mol. The zero-order valence-corrected chi connectivity index (χ0v) is 3.81. The van der Waals surface area contributed by atoms with Gasteiger partial charge in [-0.15, -0.1) is 0 Å². The van der Waals surface area contributed by atoms with E-state index >= 15 is 0 Å². The van der Waals surface area contributed by atoms with Crippen LogP contribution in [0, 0.1) is 12.8 Å². The van der Waals surface area contributed by atoms with Gasteiger partial charge >= 0.3 is 0 Å². The Morgan fingerprint density at radius 1 is 1.67 bits per heavy atom. The van der Waals surface area contributed by atoms with Gasteiger partial charge in [-0.1, -0.05) is 0 Å². The molecule has 0 bridgehead atoms. The van der Waals surface area contributed by atoms with Crippen LogP contribution in [0.2, 0.25) is 0 Å². The van der Waals surface area contributed by atoms with Crippen LogP contribution < -0.4 is 0 Å². The van der Waals surface area contributed by atoms with E-state index < -0.39 is 0 Å². The summed E-state index contributed by atoms with van der Waals surface area (Å²) in [5.74, 6) is 0.574. The van der Waals surface area contributed by atoms with Crippen molar-refractivity contribution in [1.29, 1.82) is 0 Å². The van der Waals surface area contributed by atoms with Gasteiger partial charge in [-0.3, -0.25) is 0 Å². The van der Waals surface area contributed by atoms with Gasteiger partial charge in [-0.25, -0.2) is 0 Å². The van der Waals surface area contributed by atoms with Gasteiger partial charge in [0.25, 0.3) is 0 Å². The highest BCUT2D eigenvalue weighted by Crippen LogP contribution is 2.08. The minimum absolute atomic E-state index is 0.574. The van der Waals surface area contributed by atoms with Crippen LogP contribution in [0.3, 0.4) is 0 Å². The van der Waals surface area contributed by atoms with Crippen LogP contribution in [-0.4, -0.2) is 13.2 Å². The van der Waals surface area contributed by atoms with Crippen LogP contribution in [-0.2, 0) is 4.74 Å². The Hall–Kier alpha value is -0.0400. The first-order valence-electron chi connectivity index (χ1n) is 2.30. The third-order valence-corrected chi connectivity index (χ3v) is 1.02. The second-order valence-electron chi connectivity index (χ2n) is 1.73. The molecule has 0 amide bonds. The molecule has 1 aliphatic rings. The minimum atomic E-state index is 0.574. The molecule has 0 aromatic rings. The molecule has 1 aliphatic heterocycles. The number of hydrogen-bond donors (Lipinski definition) is 0. The van der Waals surface area contributed by atoms with Crippen molar-refractivity contribution in [3.63, 3.8) is 0 Å². The summed E-state index contributed by atoms with van der Waals surface area (Å²) >= 11 is 0. The van der Waals surface area contributed by atoms with Gasteiger partial charge in [0.15, 0.2) is 0 Å². The molecular formula is C5H9O. The highest BCUT2D eigenvalue weighted by atomic mass is 16.5. The molecule has 1 unspecified atom stereocenters. The maximum absolute atomic E-state index is 4.99. The van der Waals surface area contributed by atoms with E-state index in [1.165, 1.54) is 0 Å². The Balaban J connectivity index is 2.18. The van der Waals surface area contributed by atoms with E-state index in [1.54, 1.807) is 0 Å². The predicted molar refractivity (Wildman–Crippen MR) is 24.3 cm³/mol. The van der Waals surface area contributed by atoms with Gasteiger partial charge in [0.05, 0.1) is 0 Å². The van der Waals surface area contributed by atoms with Crippen molar-refractivity contribution in [2.24, 2.45) is 5.92 Å². The standard InChI is InChI=1S/C5H9O/c1-5-2-3-6-4-5/h5H,1-4H2. The van der Waals surface area contributed by atoms with E-state index in [9.17, 15) is 0 Å². The molecule has 6 heavy (non-hydrogen) atoms. The van der Waals surface area contributed by atoms with Crippen LogP contribution in [0.5, 0.6) is 0 Å². The van der Waals surface area contributed by atoms with E-state index in [-0.39, 0.29) is 0 Å². The fourth-order valence-electron chi connectivity index (χ4n) is 0.583. The second kappa shape index (κ2) is 1.61. The molecular weight excluding hydrogens is 76.1 g/mol. The van der Waals surface area contributed by atoms with Crippen molar-refractivity contribution in [1.82, 2.24) is 0 Å². The monoisotopic (exact) mass is 85.1 g/mol. The lowest BCUT2D eigenvalue weighted by atomic mass is 10.2. The van der Waals surface area contributed by atoms with Crippen molar-refractivity contribution in [3.8, 4) is 0 Å². The third kappa shape index (κ3) is 0.716. The third-order valence-electron chi connectivity index (χ3n) is 1.02. The van der Waals surface area contributed by atoms with Gasteiger partial charge in [0.2, 0.25) is 0 Å². The Morgan fingerprint density at radius 3 is 2.67 bits per heavy atom. The predicted octanol–water partition coefficient (Wildman–Crippen LogP) is 0.857. The maximum Gasteiger partial charge on any atom is 0.0495 e. The molecule has 0 aromatic heterocycles. The van der Waals surface area contributed by atoms with Crippen LogP contribution >= 0.6 is 0 Å². The van der Waals surface area contributed by atoms with E-state index in [4.69, 9.17) is 4.74 Å². The Labute approximate surface area is 38.3 Å². The molecule has 1 fully saturated rings. The van der Waals surface area contributed by atoms with Gasteiger partial charge in [-0.2, -0.15) is 0 Å². The smallest absolute Gasteiger partial charge is 0.0495 e. The Kier molecular flexibility index (Phi) is 1.10. The van der Waals surface area contributed by atoms with Crippen molar-refractivity contribution in [2.75, 3.05) is 13.2 Å². The lowest BCUT2D eigenvalue weighted by molar-refractivity contribution is 0.191. The Morgan fingerprint density at radius 2 is 2.50 bits per heavy atom. The molecule has 0 N–H and O–H groups in total. The van der Waals surface area contributed by atoms with E-state index in [0.717, 1.165) is 19.6 Å². The van der Waals surface area contributed by atoms with Gasteiger partial charge < -0.3 is 4.74 Å². The average Bonchev–Trinajstić information content (AvgIpc) is 1.86. The topological polar surface area (TPSA) is 9.23 Å². The SMILES string of the molecule is [CH2]C1CCOC1. The summed E-state index contributed by atoms with van der Waals surface area (Å²) in [6.45, 7) is 5.61. The molecule has 1 radical (unpaired) electrons. The normalized spacial score (nSPS) is 34.5. The first kappa shape index (κ1) is 4.13. The summed E-state index contributed by atoms with van der Waals surface area (Å²) in [5.41, 5.74) is 0. The fourth-order valence-corrected chi connectivity index (χ4v) is 0.583. The Bertz CT molecular complexity index is 37.2. The summed E-state index contributed by atoms with van der Waals surface area (Å²) in [5, 5.41) is 0. The van der Waals surface area contributed by atoms with Crippen molar-refractivity contribution in [3.05, 3.63) is 6.92 Å². The molecule has 0 saturated carbocycles. The minimum Gasteiger partial charge on any atom is -0.381 e. The van der Waals surface area contributed by atoms with Gasteiger partial charge in [-0.05, 0) is 19.3 Å². The van der Waals surface area contributed by atoms with Crippen LogP contribution in [0.25, 0.3) is 0 Å². The van der Waals surface area contributed by atoms with Crippen molar-refractivity contribution < 1.29 is 4.74 Å². The summed E-state index contributed by atoms with van der Waals surface area (Å²) < 4.78 is 4.99. The van der Waals surface area contributed by atoms with Crippen molar-refractivity contribution in [2.45, 2.75) is 6.42 Å². The molecule has 1 nitrogen and oxygen atoms in total. The van der Waals surface area contributed by atoms with E-state index in [0.29, 0.717) is 5.92 Å². The highest BCUT2D eigenvalue weighted by Gasteiger charge is 2.07. The molecule has 1 rings (SSSR count). The quantitative estimate of drug-likeness (QED) is 0.424. The first-order chi connectivity index (χ1) is 2.89. The number of ether oxygens (including phenoxy) is 1. The van der Waals surface area contributed by atoms with Crippen LogP contribution in [0.4, 0.5) is 0 Å². The molecule has 35 valence electrons. The van der Waals surface area contributed by atoms with E-state index in [1.807, 2.05) is 0 Å². The molecule has 1 saturated heterocycles. The molecule has 1 atom stereocenters. The lowest BCUT2D eigenvalue weighted by Crippen LogP contribution is -1.88. The molecule has 0 aromatic carbocycles. The van der Waals surface area contributed by atoms with Crippen molar-refractivity contribution >= 4 is 0 Å². The fraction of sp³-hybridized carbons (Fsp3) is 0.800.